The van der Waals surface area contributed by atoms with Gasteiger partial charge in [0.1, 0.15) is 0 Å². The van der Waals surface area contributed by atoms with E-state index >= 15 is 0 Å². The van der Waals surface area contributed by atoms with Crippen LogP contribution in [0.4, 0.5) is 11.4 Å². The van der Waals surface area contributed by atoms with E-state index in [1.807, 2.05) is 26.2 Å². The number of likely N-dealkylation sites (N-methyl/N-ethyl adjacent to an activating group) is 1. The van der Waals surface area contributed by atoms with Gasteiger partial charge in [0.15, 0.2) is 0 Å². The van der Waals surface area contributed by atoms with Crippen LogP contribution in [-0.4, -0.2) is 20.0 Å². The maximum absolute atomic E-state index is 12.1. The summed E-state index contributed by atoms with van der Waals surface area (Å²) in [6.07, 6.45) is 2.02. The van der Waals surface area contributed by atoms with Crippen molar-refractivity contribution >= 4 is 17.3 Å². The fourth-order valence-corrected chi connectivity index (χ4v) is 2.52. The number of amides is 1. The first-order chi connectivity index (χ1) is 7.19. The van der Waals surface area contributed by atoms with Crippen molar-refractivity contribution in [1.82, 2.24) is 0 Å². The Morgan fingerprint density at radius 2 is 2.13 bits per heavy atom. The van der Waals surface area contributed by atoms with Gasteiger partial charge in [-0.25, -0.2) is 0 Å². The monoisotopic (exact) mass is 202 g/mol. The molecule has 15 heavy (non-hydrogen) atoms. The van der Waals surface area contributed by atoms with E-state index < -0.39 is 0 Å². The third-order valence-corrected chi connectivity index (χ3v) is 3.63. The van der Waals surface area contributed by atoms with Gasteiger partial charge >= 0.3 is 0 Å². The van der Waals surface area contributed by atoms with Crippen LogP contribution in [0.5, 0.6) is 0 Å². The lowest BCUT2D eigenvalue weighted by atomic mass is 9.97. The first kappa shape index (κ1) is 8.77. The summed E-state index contributed by atoms with van der Waals surface area (Å²) in [4.78, 5) is 13.8. The lowest BCUT2D eigenvalue weighted by molar-refractivity contribution is -0.119. The number of anilines is 2. The van der Waals surface area contributed by atoms with Gasteiger partial charge in [0.25, 0.3) is 0 Å². The van der Waals surface area contributed by atoms with Gasteiger partial charge in [-0.05, 0) is 36.6 Å². The SMILES string of the molecule is CNc1ccc2c(c1)C1(CC1)C(=O)N2C. The van der Waals surface area contributed by atoms with Crippen LogP contribution in [-0.2, 0) is 10.2 Å². The van der Waals surface area contributed by atoms with Crippen molar-refractivity contribution in [2.75, 3.05) is 24.3 Å². The third-order valence-electron chi connectivity index (χ3n) is 3.63. The predicted molar refractivity (Wildman–Crippen MR) is 60.3 cm³/mol. The lowest BCUT2D eigenvalue weighted by Gasteiger charge is -2.10. The summed E-state index contributed by atoms with van der Waals surface area (Å²) in [7, 11) is 3.77. The summed E-state index contributed by atoms with van der Waals surface area (Å²) in [5.74, 6) is 0.269. The van der Waals surface area contributed by atoms with Gasteiger partial charge in [-0.1, -0.05) is 0 Å². The molecule has 1 N–H and O–H groups in total. The fourth-order valence-electron chi connectivity index (χ4n) is 2.52. The van der Waals surface area contributed by atoms with Crippen LogP contribution < -0.4 is 10.2 Å². The van der Waals surface area contributed by atoms with Gasteiger partial charge in [-0.3, -0.25) is 4.79 Å². The molecule has 1 aliphatic carbocycles. The molecule has 0 saturated heterocycles. The number of carbonyl (C=O) groups is 1. The standard InChI is InChI=1S/C12H14N2O/c1-13-8-3-4-10-9(7-8)12(5-6-12)11(15)14(10)2/h3-4,7,13H,5-6H2,1-2H3. The summed E-state index contributed by atoms with van der Waals surface area (Å²) < 4.78 is 0. The summed E-state index contributed by atoms with van der Waals surface area (Å²) in [5, 5.41) is 3.12. The largest absolute Gasteiger partial charge is 0.388 e. The number of nitrogens with one attached hydrogen (secondary N) is 1. The van der Waals surface area contributed by atoms with Crippen LogP contribution in [0, 0.1) is 0 Å². The number of benzene rings is 1. The minimum absolute atomic E-state index is 0.156. The van der Waals surface area contributed by atoms with Crippen molar-refractivity contribution in [3.8, 4) is 0 Å². The molecule has 3 nitrogen and oxygen atoms in total. The number of fused-ring (bicyclic) bond motifs is 2. The minimum atomic E-state index is -0.156. The molecule has 0 atom stereocenters. The van der Waals surface area contributed by atoms with E-state index in [1.165, 1.54) is 5.56 Å². The average molecular weight is 202 g/mol. The number of nitrogens with zero attached hydrogens (tertiary/aromatic N) is 1. The van der Waals surface area contributed by atoms with E-state index in [1.54, 1.807) is 4.90 Å². The van der Waals surface area contributed by atoms with E-state index in [-0.39, 0.29) is 11.3 Å². The van der Waals surface area contributed by atoms with Gasteiger partial charge in [-0.15, -0.1) is 0 Å². The summed E-state index contributed by atoms with van der Waals surface area (Å²) >= 11 is 0. The molecule has 1 aromatic carbocycles. The highest BCUT2D eigenvalue weighted by molar-refractivity contribution is 6.10. The lowest BCUT2D eigenvalue weighted by Crippen LogP contribution is -2.27. The Morgan fingerprint density at radius 3 is 2.73 bits per heavy atom. The molecule has 1 amide bonds. The Balaban J connectivity index is 2.20. The number of rotatable bonds is 1. The zero-order valence-corrected chi connectivity index (χ0v) is 9.00. The van der Waals surface area contributed by atoms with E-state index in [2.05, 4.69) is 11.4 Å². The fraction of sp³-hybridized carbons (Fsp3) is 0.417. The van der Waals surface area contributed by atoms with Crippen LogP contribution in [0.1, 0.15) is 18.4 Å². The van der Waals surface area contributed by atoms with Crippen LogP contribution in [0.25, 0.3) is 0 Å². The predicted octanol–water partition coefficient (Wildman–Crippen LogP) is 1.74. The molecule has 78 valence electrons. The molecule has 0 aromatic heterocycles. The molecular formula is C12H14N2O. The van der Waals surface area contributed by atoms with E-state index in [0.717, 1.165) is 24.2 Å². The molecule has 2 aliphatic rings. The molecule has 1 heterocycles. The molecule has 1 saturated carbocycles. The second-order valence-corrected chi connectivity index (χ2v) is 4.43. The topological polar surface area (TPSA) is 32.3 Å². The summed E-state index contributed by atoms with van der Waals surface area (Å²) in [6.45, 7) is 0. The van der Waals surface area contributed by atoms with Crippen LogP contribution >= 0.6 is 0 Å². The molecule has 0 radical (unpaired) electrons. The zero-order valence-electron chi connectivity index (χ0n) is 9.00. The van der Waals surface area contributed by atoms with Crippen LogP contribution in [0.3, 0.4) is 0 Å². The van der Waals surface area contributed by atoms with Gasteiger partial charge in [0.05, 0.1) is 5.41 Å². The Hall–Kier alpha value is -1.51. The molecule has 3 heteroatoms. The second-order valence-electron chi connectivity index (χ2n) is 4.43. The average Bonchev–Trinajstić information content (AvgIpc) is 3.04. The Bertz CT molecular complexity index is 449. The highest BCUT2D eigenvalue weighted by atomic mass is 16.2. The third kappa shape index (κ3) is 0.928. The summed E-state index contributed by atoms with van der Waals surface area (Å²) in [6, 6.07) is 6.17. The highest BCUT2D eigenvalue weighted by Gasteiger charge is 2.58. The molecule has 0 unspecified atom stereocenters. The van der Waals surface area contributed by atoms with Crippen molar-refractivity contribution in [3.05, 3.63) is 23.8 Å². The maximum atomic E-state index is 12.1. The van der Waals surface area contributed by atoms with Crippen LogP contribution in [0.15, 0.2) is 18.2 Å². The van der Waals surface area contributed by atoms with E-state index in [4.69, 9.17) is 0 Å². The van der Waals surface area contributed by atoms with Gasteiger partial charge in [-0.2, -0.15) is 0 Å². The normalized spacial score (nSPS) is 20.7. The van der Waals surface area contributed by atoms with Gasteiger partial charge in [0.2, 0.25) is 5.91 Å². The Labute approximate surface area is 89.1 Å². The molecule has 1 fully saturated rings. The molecular weight excluding hydrogens is 188 g/mol. The smallest absolute Gasteiger partial charge is 0.237 e. The molecule has 1 aliphatic heterocycles. The first-order valence-electron chi connectivity index (χ1n) is 5.29. The number of hydrogen-bond acceptors (Lipinski definition) is 2. The zero-order chi connectivity index (χ0) is 10.6. The molecule has 0 bridgehead atoms. The summed E-state index contributed by atoms with van der Waals surface area (Å²) in [5.41, 5.74) is 3.22. The molecule has 1 aromatic rings. The quantitative estimate of drug-likeness (QED) is 0.752. The van der Waals surface area contributed by atoms with E-state index in [9.17, 15) is 4.79 Å². The Kier molecular flexibility index (Phi) is 1.48. The highest BCUT2D eigenvalue weighted by Crippen LogP contribution is 2.57. The molecule has 1 spiro atoms. The molecule has 3 rings (SSSR count). The van der Waals surface area contributed by atoms with Crippen molar-refractivity contribution in [1.29, 1.82) is 0 Å². The number of hydrogen-bond donors (Lipinski definition) is 1. The second kappa shape index (κ2) is 2.54. The van der Waals surface area contributed by atoms with Gasteiger partial charge < -0.3 is 10.2 Å². The Morgan fingerprint density at radius 1 is 1.40 bits per heavy atom. The van der Waals surface area contributed by atoms with Crippen molar-refractivity contribution in [3.63, 3.8) is 0 Å². The maximum Gasteiger partial charge on any atom is 0.237 e. The first-order valence-corrected chi connectivity index (χ1v) is 5.29. The van der Waals surface area contributed by atoms with Crippen LogP contribution in [0.2, 0.25) is 0 Å². The minimum Gasteiger partial charge on any atom is -0.388 e. The van der Waals surface area contributed by atoms with Crippen molar-refractivity contribution in [2.45, 2.75) is 18.3 Å². The number of carbonyl (C=O) groups excluding carboxylic acids is 1. The van der Waals surface area contributed by atoms with Crippen molar-refractivity contribution in [2.24, 2.45) is 0 Å². The van der Waals surface area contributed by atoms with Crippen molar-refractivity contribution < 1.29 is 4.79 Å². The van der Waals surface area contributed by atoms with Gasteiger partial charge in [0, 0.05) is 25.5 Å². The van der Waals surface area contributed by atoms with E-state index in [0.29, 0.717) is 0 Å².